The lowest BCUT2D eigenvalue weighted by Crippen LogP contribution is -1.88. The van der Waals surface area contributed by atoms with Gasteiger partial charge in [0.2, 0.25) is 0 Å². The third kappa shape index (κ3) is 2.95. The summed E-state index contributed by atoms with van der Waals surface area (Å²) in [6.07, 6.45) is 12.2. The Hall–Kier alpha value is -1.56. The minimum atomic E-state index is 0.726. The van der Waals surface area contributed by atoms with Crippen LogP contribution in [0.3, 0.4) is 0 Å². The highest BCUT2D eigenvalue weighted by Gasteiger charge is 2.19. The van der Waals surface area contributed by atoms with Crippen molar-refractivity contribution in [3.05, 3.63) is 73.4 Å². The number of rotatable bonds is 6. The maximum atomic E-state index is 3.84. The fourth-order valence-electron chi connectivity index (χ4n) is 1.49. The largest absolute Gasteiger partial charge is 0.0985 e. The Balaban J connectivity index is 3.11. The Morgan fingerprint density at radius 2 is 1.47 bits per heavy atom. The monoisotopic (exact) mass is 198 g/mol. The molecule has 78 valence electrons. The van der Waals surface area contributed by atoms with Crippen molar-refractivity contribution in [2.24, 2.45) is 5.92 Å². The number of allylic oxidation sites excluding steroid dienone is 8. The van der Waals surface area contributed by atoms with E-state index in [0.29, 0.717) is 0 Å². The van der Waals surface area contributed by atoms with Gasteiger partial charge in [-0.05, 0) is 35.5 Å². The second-order valence-corrected chi connectivity index (χ2v) is 3.64. The first-order valence-corrected chi connectivity index (χ1v) is 5.23. The minimum Gasteiger partial charge on any atom is -0.0985 e. The summed E-state index contributed by atoms with van der Waals surface area (Å²) in [7, 11) is 0. The molecule has 1 saturated carbocycles. The highest BCUT2D eigenvalue weighted by molar-refractivity contribution is 5.54. The van der Waals surface area contributed by atoms with Gasteiger partial charge < -0.3 is 0 Å². The van der Waals surface area contributed by atoms with Gasteiger partial charge in [-0.3, -0.25) is 0 Å². The van der Waals surface area contributed by atoms with Crippen molar-refractivity contribution in [3.63, 3.8) is 0 Å². The summed E-state index contributed by atoms with van der Waals surface area (Å²) < 4.78 is 0. The first kappa shape index (κ1) is 11.5. The lowest BCUT2D eigenvalue weighted by atomic mass is 9.98. The van der Waals surface area contributed by atoms with E-state index in [-0.39, 0.29) is 0 Å². The smallest absolute Gasteiger partial charge is 0.0121 e. The van der Waals surface area contributed by atoms with Crippen molar-refractivity contribution in [2.45, 2.75) is 12.8 Å². The van der Waals surface area contributed by atoms with Crippen molar-refractivity contribution in [1.29, 1.82) is 0 Å². The van der Waals surface area contributed by atoms with E-state index in [2.05, 4.69) is 32.4 Å². The molecule has 0 aliphatic heterocycles. The normalized spacial score (nSPS) is 15.3. The van der Waals surface area contributed by atoms with Crippen LogP contribution in [0.1, 0.15) is 12.8 Å². The van der Waals surface area contributed by atoms with Crippen LogP contribution < -0.4 is 0 Å². The molecule has 1 rings (SSSR count). The van der Waals surface area contributed by atoms with E-state index in [0.717, 1.165) is 22.6 Å². The highest BCUT2D eigenvalue weighted by atomic mass is 14.2. The van der Waals surface area contributed by atoms with Gasteiger partial charge in [-0.25, -0.2) is 0 Å². The summed E-state index contributed by atoms with van der Waals surface area (Å²) >= 11 is 0. The molecule has 0 aromatic carbocycles. The van der Waals surface area contributed by atoms with Crippen molar-refractivity contribution in [2.75, 3.05) is 0 Å². The van der Waals surface area contributed by atoms with Crippen molar-refractivity contribution in [1.82, 2.24) is 0 Å². The zero-order valence-electron chi connectivity index (χ0n) is 9.21. The second-order valence-electron chi connectivity index (χ2n) is 3.64. The quantitative estimate of drug-likeness (QED) is 0.556. The van der Waals surface area contributed by atoms with Crippen LogP contribution in [-0.2, 0) is 0 Å². The lowest BCUT2D eigenvalue weighted by molar-refractivity contribution is 1.11. The van der Waals surface area contributed by atoms with Crippen LogP contribution in [0.4, 0.5) is 0 Å². The molecule has 0 nitrogen and oxygen atoms in total. The Kier molecular flexibility index (Phi) is 4.11. The molecule has 0 radical (unpaired) electrons. The zero-order chi connectivity index (χ0) is 11.3. The Morgan fingerprint density at radius 3 is 1.80 bits per heavy atom. The zero-order valence-corrected chi connectivity index (χ0v) is 9.21. The average molecular weight is 198 g/mol. The van der Waals surface area contributed by atoms with E-state index in [4.69, 9.17) is 0 Å². The van der Waals surface area contributed by atoms with E-state index in [1.54, 1.807) is 12.2 Å². The molecule has 1 aliphatic rings. The SMILES string of the molecule is C=CC(C=C)=C(C=C)/C(C=C)=C/C1CC1. The maximum absolute atomic E-state index is 3.84. The Morgan fingerprint density at radius 1 is 0.867 bits per heavy atom. The van der Waals surface area contributed by atoms with Crippen molar-refractivity contribution in [3.8, 4) is 0 Å². The molecule has 0 spiro atoms. The summed E-state index contributed by atoms with van der Waals surface area (Å²) in [5, 5.41) is 0. The van der Waals surface area contributed by atoms with E-state index in [1.807, 2.05) is 12.2 Å². The van der Waals surface area contributed by atoms with Crippen LogP contribution in [0.15, 0.2) is 73.4 Å². The summed E-state index contributed by atoms with van der Waals surface area (Å²) in [4.78, 5) is 0. The summed E-state index contributed by atoms with van der Waals surface area (Å²) in [6.45, 7) is 15.2. The summed E-state index contributed by atoms with van der Waals surface area (Å²) in [5.74, 6) is 0.726. The maximum Gasteiger partial charge on any atom is -0.0121 e. The third-order valence-corrected chi connectivity index (χ3v) is 2.52. The molecule has 0 bridgehead atoms. The van der Waals surface area contributed by atoms with Gasteiger partial charge in [0.05, 0.1) is 0 Å². The Labute approximate surface area is 92.7 Å². The molecule has 0 heteroatoms. The molecule has 0 saturated heterocycles. The molecule has 15 heavy (non-hydrogen) atoms. The molecule has 0 N–H and O–H groups in total. The average Bonchev–Trinajstić information content (AvgIpc) is 3.07. The predicted octanol–water partition coefficient (Wildman–Crippen LogP) is 4.36. The van der Waals surface area contributed by atoms with Crippen molar-refractivity contribution < 1.29 is 0 Å². The van der Waals surface area contributed by atoms with Crippen molar-refractivity contribution >= 4 is 0 Å². The van der Waals surface area contributed by atoms with Gasteiger partial charge >= 0.3 is 0 Å². The molecule has 0 aromatic heterocycles. The topological polar surface area (TPSA) is 0 Å². The molecular formula is C15H18. The first-order chi connectivity index (χ1) is 7.26. The van der Waals surface area contributed by atoms with E-state index >= 15 is 0 Å². The van der Waals surface area contributed by atoms with E-state index in [1.165, 1.54) is 12.8 Å². The van der Waals surface area contributed by atoms with E-state index < -0.39 is 0 Å². The second kappa shape index (κ2) is 5.35. The van der Waals surface area contributed by atoms with Gasteiger partial charge in [-0.2, -0.15) is 0 Å². The van der Waals surface area contributed by atoms with Crippen LogP contribution in [0.25, 0.3) is 0 Å². The van der Waals surface area contributed by atoms with Gasteiger partial charge in [-0.1, -0.05) is 56.7 Å². The van der Waals surface area contributed by atoms with Gasteiger partial charge in [0, 0.05) is 0 Å². The van der Waals surface area contributed by atoms with Crippen LogP contribution in [0.5, 0.6) is 0 Å². The third-order valence-electron chi connectivity index (χ3n) is 2.52. The Bertz CT molecular complexity index is 336. The standard InChI is InChI=1S/C15H18/c1-5-13(6-2)15(8-4)14(7-3)11-12-9-10-12/h5-8,11-12H,1-4,9-10H2/b14-11+. The first-order valence-electron chi connectivity index (χ1n) is 5.23. The van der Waals surface area contributed by atoms with Crippen LogP contribution in [-0.4, -0.2) is 0 Å². The fraction of sp³-hybridized carbons (Fsp3) is 0.200. The van der Waals surface area contributed by atoms with Crippen LogP contribution in [0, 0.1) is 5.92 Å². The molecule has 0 atom stereocenters. The van der Waals surface area contributed by atoms with Gasteiger partial charge in [-0.15, -0.1) is 0 Å². The lowest BCUT2D eigenvalue weighted by Gasteiger charge is -2.06. The van der Waals surface area contributed by atoms with Gasteiger partial charge in [0.25, 0.3) is 0 Å². The molecule has 0 aromatic rings. The summed E-state index contributed by atoms with van der Waals surface area (Å²) in [6, 6.07) is 0. The molecule has 0 amide bonds. The van der Waals surface area contributed by atoms with Gasteiger partial charge in [0.15, 0.2) is 0 Å². The fourth-order valence-corrected chi connectivity index (χ4v) is 1.49. The van der Waals surface area contributed by atoms with Crippen LogP contribution >= 0.6 is 0 Å². The van der Waals surface area contributed by atoms with Crippen LogP contribution in [0.2, 0.25) is 0 Å². The molecule has 0 unspecified atom stereocenters. The highest BCUT2D eigenvalue weighted by Crippen LogP contribution is 2.33. The predicted molar refractivity (Wildman–Crippen MR) is 68.6 cm³/mol. The van der Waals surface area contributed by atoms with Gasteiger partial charge in [0.1, 0.15) is 0 Å². The van der Waals surface area contributed by atoms with E-state index in [9.17, 15) is 0 Å². The molecule has 0 heterocycles. The number of hydrogen-bond acceptors (Lipinski definition) is 0. The minimum absolute atomic E-state index is 0.726. The number of hydrogen-bond donors (Lipinski definition) is 0. The molecule has 1 fully saturated rings. The summed E-state index contributed by atoms with van der Waals surface area (Å²) in [5.41, 5.74) is 3.22. The molecule has 1 aliphatic carbocycles. The molecular weight excluding hydrogens is 180 g/mol.